The predicted octanol–water partition coefficient (Wildman–Crippen LogP) is 2.89. The van der Waals surface area contributed by atoms with Crippen LogP contribution in [0.3, 0.4) is 0 Å². The van der Waals surface area contributed by atoms with E-state index in [1.165, 1.54) is 67.3 Å². The molecule has 1 aromatic heterocycles. The third-order valence-corrected chi connectivity index (χ3v) is 4.91. The first kappa shape index (κ1) is 13.2. The fourth-order valence-corrected chi connectivity index (χ4v) is 3.89. The van der Waals surface area contributed by atoms with Crippen LogP contribution in [0.4, 0.5) is 10.8 Å². The second-order valence-corrected chi connectivity index (χ2v) is 6.76. The molecule has 1 aromatic rings. The van der Waals surface area contributed by atoms with E-state index in [0.717, 1.165) is 12.4 Å². The summed E-state index contributed by atoms with van der Waals surface area (Å²) in [7, 11) is 0. The van der Waals surface area contributed by atoms with E-state index in [-0.39, 0.29) is 0 Å². The normalized spacial score (nSPS) is 22.4. The standard InChI is InChI=1S/C14H24N4S/c1-10(9-18-7-3-2-4-8-18)16-14-12(11-5-6-11)13(15)17-19-14/h10-11,16H,2-9H2,1H3,(H2,15,17). The number of nitrogens with two attached hydrogens (primary N) is 1. The van der Waals surface area contributed by atoms with E-state index in [2.05, 4.69) is 21.5 Å². The minimum atomic E-state index is 0.468. The Hall–Kier alpha value is -0.810. The molecule has 3 rings (SSSR count). The lowest BCUT2D eigenvalue weighted by Crippen LogP contribution is -2.38. The van der Waals surface area contributed by atoms with E-state index in [1.807, 2.05) is 0 Å². The molecule has 3 N–H and O–H groups in total. The van der Waals surface area contributed by atoms with E-state index in [4.69, 9.17) is 5.73 Å². The van der Waals surface area contributed by atoms with Crippen molar-refractivity contribution >= 4 is 22.4 Å². The van der Waals surface area contributed by atoms with Gasteiger partial charge in [-0.3, -0.25) is 0 Å². The highest BCUT2D eigenvalue weighted by atomic mass is 32.1. The van der Waals surface area contributed by atoms with E-state index in [9.17, 15) is 0 Å². The van der Waals surface area contributed by atoms with E-state index >= 15 is 0 Å². The summed E-state index contributed by atoms with van der Waals surface area (Å²) in [5.41, 5.74) is 7.28. The lowest BCUT2D eigenvalue weighted by Gasteiger charge is -2.29. The van der Waals surface area contributed by atoms with Crippen molar-refractivity contribution in [3.8, 4) is 0 Å². The molecule has 4 nitrogen and oxygen atoms in total. The van der Waals surface area contributed by atoms with Crippen LogP contribution in [0.2, 0.25) is 0 Å². The van der Waals surface area contributed by atoms with Gasteiger partial charge in [0, 0.05) is 18.2 Å². The molecule has 1 unspecified atom stereocenters. The van der Waals surface area contributed by atoms with Gasteiger partial charge < -0.3 is 16.0 Å². The second-order valence-electron chi connectivity index (χ2n) is 5.99. The van der Waals surface area contributed by atoms with Crippen molar-refractivity contribution < 1.29 is 0 Å². The maximum atomic E-state index is 5.99. The highest BCUT2D eigenvalue weighted by Crippen LogP contribution is 2.47. The summed E-state index contributed by atoms with van der Waals surface area (Å²) < 4.78 is 4.32. The molecular formula is C14H24N4S. The monoisotopic (exact) mass is 280 g/mol. The third kappa shape index (κ3) is 3.20. The van der Waals surface area contributed by atoms with Crippen molar-refractivity contribution in [2.45, 2.75) is 51.0 Å². The van der Waals surface area contributed by atoms with Gasteiger partial charge in [0.05, 0.1) is 0 Å². The largest absolute Gasteiger partial charge is 0.383 e. The first-order valence-corrected chi connectivity index (χ1v) is 8.25. The number of likely N-dealkylation sites (tertiary alicyclic amines) is 1. The van der Waals surface area contributed by atoms with Gasteiger partial charge >= 0.3 is 0 Å². The number of hydrogen-bond donors (Lipinski definition) is 2. The van der Waals surface area contributed by atoms with E-state index in [0.29, 0.717) is 12.0 Å². The zero-order valence-corrected chi connectivity index (χ0v) is 12.5. The van der Waals surface area contributed by atoms with Gasteiger partial charge in [0.25, 0.3) is 0 Å². The van der Waals surface area contributed by atoms with Crippen molar-refractivity contribution in [3.05, 3.63) is 5.56 Å². The van der Waals surface area contributed by atoms with Crippen LogP contribution in [-0.2, 0) is 0 Å². The van der Waals surface area contributed by atoms with Gasteiger partial charge in [-0.1, -0.05) is 6.42 Å². The van der Waals surface area contributed by atoms with Gasteiger partial charge in [0.2, 0.25) is 0 Å². The topological polar surface area (TPSA) is 54.2 Å². The zero-order chi connectivity index (χ0) is 13.2. The summed E-state index contributed by atoms with van der Waals surface area (Å²) in [6, 6.07) is 0.468. The van der Waals surface area contributed by atoms with Gasteiger partial charge in [-0.2, -0.15) is 4.37 Å². The highest BCUT2D eigenvalue weighted by molar-refractivity contribution is 7.10. The molecule has 1 saturated heterocycles. The Kier molecular flexibility index (Phi) is 3.93. The average molecular weight is 280 g/mol. The molecule has 0 aromatic carbocycles. The first-order valence-electron chi connectivity index (χ1n) is 7.48. The van der Waals surface area contributed by atoms with Gasteiger partial charge in [-0.25, -0.2) is 0 Å². The van der Waals surface area contributed by atoms with Crippen LogP contribution in [0.5, 0.6) is 0 Å². The molecule has 1 aliphatic heterocycles. The summed E-state index contributed by atoms with van der Waals surface area (Å²) in [6.07, 6.45) is 6.66. The summed E-state index contributed by atoms with van der Waals surface area (Å²) in [5.74, 6) is 1.42. The quantitative estimate of drug-likeness (QED) is 0.871. The molecule has 2 heterocycles. The number of nitrogens with zero attached hydrogens (tertiary/aromatic N) is 2. The Morgan fingerprint density at radius 3 is 2.79 bits per heavy atom. The Balaban J connectivity index is 1.58. The van der Waals surface area contributed by atoms with Crippen LogP contribution in [0.15, 0.2) is 0 Å². The van der Waals surface area contributed by atoms with Crippen molar-refractivity contribution in [1.29, 1.82) is 0 Å². The highest BCUT2D eigenvalue weighted by Gasteiger charge is 2.31. The number of aromatic nitrogens is 1. The molecule has 0 spiro atoms. The maximum Gasteiger partial charge on any atom is 0.142 e. The fourth-order valence-electron chi connectivity index (χ4n) is 2.98. The van der Waals surface area contributed by atoms with Crippen LogP contribution < -0.4 is 11.1 Å². The molecule has 19 heavy (non-hydrogen) atoms. The lowest BCUT2D eigenvalue weighted by atomic mass is 10.1. The number of anilines is 2. The molecule has 0 bridgehead atoms. The number of piperidine rings is 1. The SMILES string of the molecule is CC(CN1CCCCC1)Nc1snc(N)c1C1CC1. The van der Waals surface area contributed by atoms with Crippen LogP contribution >= 0.6 is 11.5 Å². The number of rotatable bonds is 5. The average Bonchev–Trinajstić information content (AvgIpc) is 3.16. The summed E-state index contributed by atoms with van der Waals surface area (Å²) >= 11 is 1.53. The minimum absolute atomic E-state index is 0.468. The minimum Gasteiger partial charge on any atom is -0.383 e. The molecule has 2 aliphatic rings. The van der Waals surface area contributed by atoms with Crippen LogP contribution in [0.25, 0.3) is 0 Å². The zero-order valence-electron chi connectivity index (χ0n) is 11.7. The number of nitrogen functional groups attached to an aromatic ring is 1. The molecule has 2 fully saturated rings. The number of hydrogen-bond acceptors (Lipinski definition) is 5. The van der Waals surface area contributed by atoms with Crippen molar-refractivity contribution in [2.24, 2.45) is 0 Å². The van der Waals surface area contributed by atoms with E-state index in [1.54, 1.807) is 0 Å². The van der Waals surface area contributed by atoms with Gasteiger partial charge in [-0.05, 0) is 63.1 Å². The van der Waals surface area contributed by atoms with Crippen molar-refractivity contribution in [3.63, 3.8) is 0 Å². The smallest absolute Gasteiger partial charge is 0.142 e. The molecular weight excluding hydrogens is 256 g/mol. The van der Waals surface area contributed by atoms with Gasteiger partial charge in [0.1, 0.15) is 10.8 Å². The van der Waals surface area contributed by atoms with Crippen LogP contribution in [-0.4, -0.2) is 34.9 Å². The lowest BCUT2D eigenvalue weighted by molar-refractivity contribution is 0.223. The van der Waals surface area contributed by atoms with Gasteiger partial charge in [0.15, 0.2) is 0 Å². The summed E-state index contributed by atoms with van der Waals surface area (Å²) in [6.45, 7) is 5.90. The molecule has 0 radical (unpaired) electrons. The van der Waals surface area contributed by atoms with Crippen LogP contribution in [0, 0.1) is 0 Å². The Morgan fingerprint density at radius 2 is 2.11 bits per heavy atom. The Labute approximate surface area is 119 Å². The maximum absolute atomic E-state index is 5.99. The summed E-state index contributed by atoms with van der Waals surface area (Å²) in [4.78, 5) is 2.57. The molecule has 106 valence electrons. The van der Waals surface area contributed by atoms with Crippen molar-refractivity contribution in [1.82, 2.24) is 9.27 Å². The second kappa shape index (κ2) is 5.67. The molecule has 0 amide bonds. The van der Waals surface area contributed by atoms with Crippen molar-refractivity contribution in [2.75, 3.05) is 30.7 Å². The number of nitrogens with one attached hydrogen (secondary N) is 1. The molecule has 1 saturated carbocycles. The van der Waals surface area contributed by atoms with Gasteiger partial charge in [-0.15, -0.1) is 0 Å². The van der Waals surface area contributed by atoms with Crippen LogP contribution in [0.1, 0.15) is 50.5 Å². The molecule has 5 heteroatoms. The molecule has 1 atom stereocenters. The fraction of sp³-hybridized carbons (Fsp3) is 0.786. The molecule has 1 aliphatic carbocycles. The van der Waals surface area contributed by atoms with E-state index < -0.39 is 0 Å². The Bertz CT molecular complexity index is 421. The third-order valence-electron chi connectivity index (χ3n) is 4.10. The summed E-state index contributed by atoms with van der Waals surface area (Å²) in [5, 5.41) is 4.85. The Morgan fingerprint density at radius 1 is 1.37 bits per heavy atom. The predicted molar refractivity (Wildman–Crippen MR) is 81.9 cm³/mol. The first-order chi connectivity index (χ1) is 9.24.